The maximum atomic E-state index is 12.0. The number of benzene rings is 2. The zero-order valence-corrected chi connectivity index (χ0v) is 15.6. The summed E-state index contributed by atoms with van der Waals surface area (Å²) >= 11 is 5.69. The lowest BCUT2D eigenvalue weighted by molar-refractivity contribution is -0.384. The van der Waals surface area contributed by atoms with E-state index in [1.54, 1.807) is 0 Å². The molecule has 0 aliphatic heterocycles. The van der Waals surface area contributed by atoms with Crippen molar-refractivity contribution in [2.45, 2.75) is 19.4 Å². The van der Waals surface area contributed by atoms with Crippen LogP contribution in [0.5, 0.6) is 0 Å². The fourth-order valence-electron chi connectivity index (χ4n) is 2.38. The lowest BCUT2D eigenvalue weighted by Crippen LogP contribution is -2.43. The number of carbonyl (C=O) groups excluding carboxylic acids is 3. The molecule has 0 aliphatic carbocycles. The minimum absolute atomic E-state index is 0.115. The van der Waals surface area contributed by atoms with E-state index in [-0.39, 0.29) is 16.4 Å². The topological polar surface area (TPSA) is 116 Å². The highest BCUT2D eigenvalue weighted by atomic mass is 35.5. The summed E-state index contributed by atoms with van der Waals surface area (Å²) in [5, 5.41) is 13.3. The van der Waals surface area contributed by atoms with Crippen molar-refractivity contribution in [1.29, 1.82) is 0 Å². The van der Waals surface area contributed by atoms with Gasteiger partial charge in [-0.1, -0.05) is 41.9 Å². The van der Waals surface area contributed by atoms with Crippen LogP contribution in [0.1, 0.15) is 22.8 Å². The molecule has 1 atom stereocenters. The number of rotatable bonds is 8. The molecule has 9 heteroatoms. The fourth-order valence-corrected chi connectivity index (χ4v) is 2.56. The van der Waals surface area contributed by atoms with Crippen LogP contribution in [0.15, 0.2) is 48.5 Å². The number of ketones is 1. The summed E-state index contributed by atoms with van der Waals surface area (Å²) in [6.45, 7) is 0.723. The van der Waals surface area contributed by atoms with Gasteiger partial charge < -0.3 is 10.1 Å². The summed E-state index contributed by atoms with van der Waals surface area (Å²) in [7, 11) is 0. The highest BCUT2D eigenvalue weighted by Crippen LogP contribution is 2.25. The number of nitrogens with zero attached hydrogens (tertiary/aromatic N) is 1. The van der Waals surface area contributed by atoms with Gasteiger partial charge in [0.15, 0.2) is 12.4 Å². The van der Waals surface area contributed by atoms with E-state index in [1.807, 2.05) is 30.3 Å². The minimum Gasteiger partial charge on any atom is -0.452 e. The Balaban J connectivity index is 1.95. The number of esters is 1. The van der Waals surface area contributed by atoms with Gasteiger partial charge in [-0.3, -0.25) is 19.7 Å². The molecule has 0 bridgehead atoms. The molecule has 2 aromatic carbocycles. The van der Waals surface area contributed by atoms with E-state index in [2.05, 4.69) is 5.32 Å². The second-order valence-corrected chi connectivity index (χ2v) is 6.33. The maximum absolute atomic E-state index is 12.0. The Morgan fingerprint density at radius 2 is 1.86 bits per heavy atom. The van der Waals surface area contributed by atoms with Gasteiger partial charge in [-0.2, -0.15) is 0 Å². The van der Waals surface area contributed by atoms with Crippen LogP contribution in [-0.4, -0.2) is 35.2 Å². The standard InChI is InChI=1S/C19H17ClN2O6/c1-12(23)16(9-13-5-3-2-4-6-13)21-18(24)11-28-19(25)14-7-8-15(20)17(10-14)22(26)27/h2-8,10,16H,9,11H2,1H3,(H,21,24)/t16-/m1/s1. The van der Waals surface area contributed by atoms with Crippen LogP contribution >= 0.6 is 11.6 Å². The molecule has 2 rings (SSSR count). The van der Waals surface area contributed by atoms with Crippen LogP contribution in [0.3, 0.4) is 0 Å². The third-order valence-corrected chi connectivity index (χ3v) is 4.14. The minimum atomic E-state index is -0.919. The van der Waals surface area contributed by atoms with Crippen molar-refractivity contribution in [1.82, 2.24) is 5.32 Å². The molecule has 146 valence electrons. The summed E-state index contributed by atoms with van der Waals surface area (Å²) in [6, 6.07) is 11.8. The van der Waals surface area contributed by atoms with Crippen LogP contribution in [0, 0.1) is 10.1 Å². The predicted molar refractivity (Wildman–Crippen MR) is 101 cm³/mol. The van der Waals surface area contributed by atoms with E-state index in [1.165, 1.54) is 19.1 Å². The number of halogens is 1. The molecule has 2 aromatic rings. The van der Waals surface area contributed by atoms with E-state index in [4.69, 9.17) is 16.3 Å². The van der Waals surface area contributed by atoms with Gasteiger partial charge in [0.05, 0.1) is 16.5 Å². The second-order valence-electron chi connectivity index (χ2n) is 5.92. The first-order valence-corrected chi connectivity index (χ1v) is 8.60. The highest BCUT2D eigenvalue weighted by molar-refractivity contribution is 6.32. The Morgan fingerprint density at radius 3 is 2.46 bits per heavy atom. The van der Waals surface area contributed by atoms with Crippen LogP contribution in [0.2, 0.25) is 5.02 Å². The average Bonchev–Trinajstić information content (AvgIpc) is 2.66. The first-order chi connectivity index (χ1) is 13.3. The number of nitrogens with one attached hydrogen (secondary N) is 1. The molecule has 1 amide bonds. The first kappa shape index (κ1) is 21.0. The predicted octanol–water partition coefficient (Wildman–Crippen LogP) is 2.72. The van der Waals surface area contributed by atoms with E-state index < -0.39 is 35.1 Å². The van der Waals surface area contributed by atoms with Gasteiger partial charge in [0, 0.05) is 6.07 Å². The van der Waals surface area contributed by atoms with Gasteiger partial charge in [-0.05, 0) is 31.0 Å². The number of ether oxygens (including phenoxy) is 1. The van der Waals surface area contributed by atoms with Gasteiger partial charge in [0.1, 0.15) is 5.02 Å². The van der Waals surface area contributed by atoms with E-state index in [0.29, 0.717) is 6.42 Å². The van der Waals surface area contributed by atoms with Crippen molar-refractivity contribution in [3.63, 3.8) is 0 Å². The molecule has 0 spiro atoms. The molecule has 0 heterocycles. The van der Waals surface area contributed by atoms with Gasteiger partial charge in [-0.25, -0.2) is 4.79 Å². The number of Topliss-reactive ketones (excluding diaryl/α,β-unsaturated/α-hetero) is 1. The molecular formula is C19H17ClN2O6. The molecule has 0 radical (unpaired) electrons. The second kappa shape index (κ2) is 9.61. The molecule has 1 N–H and O–H groups in total. The van der Waals surface area contributed by atoms with Crippen LogP contribution in [-0.2, 0) is 20.7 Å². The van der Waals surface area contributed by atoms with Crippen molar-refractivity contribution in [2.24, 2.45) is 0 Å². The number of nitro groups is 1. The van der Waals surface area contributed by atoms with Crippen molar-refractivity contribution in [3.8, 4) is 0 Å². The molecule has 0 unspecified atom stereocenters. The third kappa shape index (κ3) is 5.88. The Labute approximate surface area is 165 Å². The number of nitro benzene ring substituents is 1. The normalized spacial score (nSPS) is 11.4. The van der Waals surface area contributed by atoms with E-state index in [0.717, 1.165) is 11.6 Å². The van der Waals surface area contributed by atoms with E-state index >= 15 is 0 Å². The molecule has 0 fully saturated rings. The van der Waals surface area contributed by atoms with Crippen LogP contribution in [0.4, 0.5) is 5.69 Å². The quantitative estimate of drug-likeness (QED) is 0.411. The SMILES string of the molecule is CC(=O)[C@@H](Cc1ccccc1)NC(=O)COC(=O)c1ccc(Cl)c([N+](=O)[O-])c1. The number of carbonyl (C=O) groups is 3. The summed E-state index contributed by atoms with van der Waals surface area (Å²) in [6.07, 6.45) is 0.305. The lowest BCUT2D eigenvalue weighted by atomic mass is 10.0. The van der Waals surface area contributed by atoms with Gasteiger partial charge in [-0.15, -0.1) is 0 Å². The van der Waals surface area contributed by atoms with Gasteiger partial charge in [0.25, 0.3) is 11.6 Å². The maximum Gasteiger partial charge on any atom is 0.338 e. The summed E-state index contributed by atoms with van der Waals surface area (Å²) in [5.41, 5.74) is 0.310. The number of hydrogen-bond donors (Lipinski definition) is 1. The van der Waals surface area contributed by atoms with Crippen molar-refractivity contribution < 1.29 is 24.0 Å². The number of hydrogen-bond acceptors (Lipinski definition) is 6. The molecule has 0 saturated heterocycles. The van der Waals surface area contributed by atoms with Crippen LogP contribution in [0.25, 0.3) is 0 Å². The molecule has 28 heavy (non-hydrogen) atoms. The third-order valence-electron chi connectivity index (χ3n) is 3.82. The smallest absolute Gasteiger partial charge is 0.338 e. The monoisotopic (exact) mass is 404 g/mol. The molecule has 0 saturated carbocycles. The highest BCUT2D eigenvalue weighted by Gasteiger charge is 2.20. The van der Waals surface area contributed by atoms with Crippen LogP contribution < -0.4 is 5.32 Å². The molecule has 0 aliphatic rings. The fraction of sp³-hybridized carbons (Fsp3) is 0.211. The summed E-state index contributed by atoms with van der Waals surface area (Å²) < 4.78 is 4.87. The summed E-state index contributed by atoms with van der Waals surface area (Å²) in [5.74, 6) is -1.82. The van der Waals surface area contributed by atoms with Crippen molar-refractivity contribution in [3.05, 3.63) is 74.8 Å². The lowest BCUT2D eigenvalue weighted by Gasteiger charge is -2.16. The Kier molecular flexibility index (Phi) is 7.22. The zero-order chi connectivity index (χ0) is 20.7. The first-order valence-electron chi connectivity index (χ1n) is 8.22. The molecular weight excluding hydrogens is 388 g/mol. The Morgan fingerprint density at radius 1 is 1.18 bits per heavy atom. The molecule has 0 aromatic heterocycles. The average molecular weight is 405 g/mol. The Bertz CT molecular complexity index is 901. The largest absolute Gasteiger partial charge is 0.452 e. The van der Waals surface area contributed by atoms with Gasteiger partial charge in [0.2, 0.25) is 0 Å². The van der Waals surface area contributed by atoms with Crippen molar-refractivity contribution >= 4 is 34.9 Å². The van der Waals surface area contributed by atoms with Gasteiger partial charge >= 0.3 is 5.97 Å². The molecule has 8 nitrogen and oxygen atoms in total. The van der Waals surface area contributed by atoms with Crippen molar-refractivity contribution in [2.75, 3.05) is 6.61 Å². The Hall–Kier alpha value is -3.26. The van der Waals surface area contributed by atoms with E-state index in [9.17, 15) is 24.5 Å². The zero-order valence-electron chi connectivity index (χ0n) is 14.9. The summed E-state index contributed by atoms with van der Waals surface area (Å²) in [4.78, 5) is 46.0. The number of amides is 1.